The van der Waals surface area contributed by atoms with Gasteiger partial charge >= 0.3 is 0 Å². The summed E-state index contributed by atoms with van der Waals surface area (Å²) in [6.07, 6.45) is 0. The summed E-state index contributed by atoms with van der Waals surface area (Å²) < 4.78 is 33.0. The molecule has 0 amide bonds. The smallest absolute Gasteiger partial charge is 0.273 e. The number of hydrogen-bond donors (Lipinski definition) is 1. The number of ether oxygens (including phenoxy) is 1. The highest BCUT2D eigenvalue weighted by Crippen LogP contribution is 2.29. The van der Waals surface area contributed by atoms with Crippen LogP contribution in [0.4, 0.5) is 5.69 Å². The average Bonchev–Trinajstić information content (AvgIpc) is 2.60. The van der Waals surface area contributed by atoms with Crippen molar-refractivity contribution >= 4 is 15.7 Å². The molecule has 1 atom stereocenters. The molecule has 2 rings (SSSR count). The Morgan fingerprint density at radius 1 is 1.04 bits per heavy atom. The van der Waals surface area contributed by atoms with Gasteiger partial charge in [-0.1, -0.05) is 38.1 Å². The zero-order valence-corrected chi connectivity index (χ0v) is 15.9. The van der Waals surface area contributed by atoms with Crippen molar-refractivity contribution in [1.82, 2.24) is 4.72 Å². The van der Waals surface area contributed by atoms with Crippen molar-refractivity contribution in [3.63, 3.8) is 0 Å². The summed E-state index contributed by atoms with van der Waals surface area (Å²) in [6.45, 7) is 5.91. The first kappa shape index (κ1) is 19.9. The molecule has 0 fully saturated rings. The second kappa shape index (κ2) is 7.84. The van der Waals surface area contributed by atoms with Gasteiger partial charge in [0.15, 0.2) is 0 Å². The molecule has 0 radical (unpaired) electrons. The number of hydrogen-bond acceptors (Lipinski definition) is 5. The van der Waals surface area contributed by atoms with E-state index >= 15 is 0 Å². The van der Waals surface area contributed by atoms with Crippen molar-refractivity contribution in [2.75, 3.05) is 7.11 Å². The van der Waals surface area contributed by atoms with Crippen molar-refractivity contribution in [2.45, 2.75) is 37.6 Å². The molecule has 0 aliphatic carbocycles. The van der Waals surface area contributed by atoms with E-state index in [1.54, 1.807) is 6.92 Å². The van der Waals surface area contributed by atoms with E-state index in [4.69, 9.17) is 4.74 Å². The number of sulfonamides is 1. The second-order valence-corrected chi connectivity index (χ2v) is 7.94. The van der Waals surface area contributed by atoms with Crippen molar-refractivity contribution in [3.8, 4) is 5.75 Å². The minimum absolute atomic E-state index is 0.0749. The molecule has 0 spiro atoms. The predicted octanol–water partition coefficient (Wildman–Crippen LogP) is 3.77. The maximum absolute atomic E-state index is 12.7. The highest BCUT2D eigenvalue weighted by Gasteiger charge is 2.24. The van der Waals surface area contributed by atoms with Gasteiger partial charge in [0, 0.05) is 12.1 Å². The molecule has 2 aromatic carbocycles. The van der Waals surface area contributed by atoms with Gasteiger partial charge in [0.1, 0.15) is 10.6 Å². The fourth-order valence-electron chi connectivity index (χ4n) is 2.53. The van der Waals surface area contributed by atoms with Crippen molar-refractivity contribution in [1.29, 1.82) is 0 Å². The number of non-ortho nitro benzene ring substituents is 1. The highest BCUT2D eigenvalue weighted by molar-refractivity contribution is 7.89. The van der Waals surface area contributed by atoms with Crippen molar-refractivity contribution in [2.24, 2.45) is 0 Å². The number of benzene rings is 2. The van der Waals surface area contributed by atoms with Crippen LogP contribution in [0.1, 0.15) is 43.9 Å². The highest BCUT2D eigenvalue weighted by atomic mass is 32.2. The molecule has 0 aromatic heterocycles. The largest absolute Gasteiger partial charge is 0.495 e. The Morgan fingerprint density at radius 3 is 2.12 bits per heavy atom. The first-order chi connectivity index (χ1) is 12.2. The lowest BCUT2D eigenvalue weighted by molar-refractivity contribution is -0.385. The molecule has 0 bridgehead atoms. The Morgan fingerprint density at radius 2 is 1.62 bits per heavy atom. The fraction of sp³-hybridized carbons (Fsp3) is 0.333. The zero-order chi connectivity index (χ0) is 19.5. The molecule has 1 N–H and O–H groups in total. The Balaban J connectivity index is 2.28. The number of nitro groups is 1. The fourth-order valence-corrected chi connectivity index (χ4v) is 3.91. The van der Waals surface area contributed by atoms with Gasteiger partial charge < -0.3 is 4.74 Å². The van der Waals surface area contributed by atoms with E-state index in [0.29, 0.717) is 5.92 Å². The van der Waals surface area contributed by atoms with Crippen LogP contribution in [0.3, 0.4) is 0 Å². The Bertz CT molecular complexity index is 892. The predicted molar refractivity (Wildman–Crippen MR) is 98.9 cm³/mol. The van der Waals surface area contributed by atoms with Crippen LogP contribution in [0.25, 0.3) is 0 Å². The van der Waals surface area contributed by atoms with Crippen LogP contribution in [0.15, 0.2) is 47.4 Å². The maximum Gasteiger partial charge on any atom is 0.273 e. The molecule has 8 heteroatoms. The normalized spacial score (nSPS) is 12.8. The van der Waals surface area contributed by atoms with Gasteiger partial charge in [-0.2, -0.15) is 0 Å². The summed E-state index contributed by atoms with van der Waals surface area (Å²) in [5, 5.41) is 10.9. The molecule has 0 heterocycles. The van der Waals surface area contributed by atoms with Crippen LogP contribution >= 0.6 is 0 Å². The number of nitrogens with zero attached hydrogens (tertiary/aromatic N) is 1. The van der Waals surface area contributed by atoms with Crippen LogP contribution in [0.5, 0.6) is 5.75 Å². The minimum Gasteiger partial charge on any atom is -0.495 e. The molecule has 0 saturated heterocycles. The molecular formula is C18H22N2O5S. The molecule has 7 nitrogen and oxygen atoms in total. The van der Waals surface area contributed by atoms with Crippen LogP contribution in [-0.4, -0.2) is 20.5 Å². The van der Waals surface area contributed by atoms with E-state index in [1.165, 1.54) is 18.7 Å². The molecular weight excluding hydrogens is 356 g/mol. The topological polar surface area (TPSA) is 98.5 Å². The van der Waals surface area contributed by atoms with Crippen LogP contribution in [0.2, 0.25) is 0 Å². The van der Waals surface area contributed by atoms with Crippen LogP contribution in [-0.2, 0) is 10.0 Å². The van der Waals surface area contributed by atoms with E-state index in [1.807, 2.05) is 24.3 Å². The molecule has 0 saturated carbocycles. The van der Waals surface area contributed by atoms with Gasteiger partial charge in [-0.15, -0.1) is 0 Å². The van der Waals surface area contributed by atoms with Crippen molar-refractivity contribution < 1.29 is 18.1 Å². The second-order valence-electron chi connectivity index (χ2n) is 6.26. The van der Waals surface area contributed by atoms with Gasteiger partial charge in [-0.25, -0.2) is 13.1 Å². The van der Waals surface area contributed by atoms with Crippen molar-refractivity contribution in [3.05, 3.63) is 63.7 Å². The van der Waals surface area contributed by atoms with Gasteiger partial charge in [0.25, 0.3) is 5.69 Å². The first-order valence-corrected chi connectivity index (χ1v) is 9.58. The summed E-state index contributed by atoms with van der Waals surface area (Å²) in [7, 11) is -2.65. The zero-order valence-electron chi connectivity index (χ0n) is 15.1. The molecule has 140 valence electrons. The maximum atomic E-state index is 12.7. The van der Waals surface area contributed by atoms with E-state index in [2.05, 4.69) is 18.6 Å². The molecule has 26 heavy (non-hydrogen) atoms. The lowest BCUT2D eigenvalue weighted by Gasteiger charge is -2.17. The number of nitro benzene ring substituents is 1. The third-order valence-corrected chi connectivity index (χ3v) is 5.66. The van der Waals surface area contributed by atoms with Gasteiger partial charge in [-0.3, -0.25) is 10.1 Å². The quantitative estimate of drug-likeness (QED) is 0.584. The van der Waals surface area contributed by atoms with Crippen LogP contribution in [0, 0.1) is 10.1 Å². The van der Waals surface area contributed by atoms with Gasteiger partial charge in [-0.05, 0) is 30.0 Å². The summed E-state index contributed by atoms with van der Waals surface area (Å²) in [6, 6.07) is 10.6. The number of methoxy groups -OCH3 is 1. The summed E-state index contributed by atoms with van der Waals surface area (Å²) >= 11 is 0. The lowest BCUT2D eigenvalue weighted by Crippen LogP contribution is -2.27. The van der Waals surface area contributed by atoms with E-state index in [0.717, 1.165) is 17.7 Å². The van der Waals surface area contributed by atoms with Gasteiger partial charge in [0.2, 0.25) is 10.0 Å². The summed E-state index contributed by atoms with van der Waals surface area (Å²) in [5.41, 5.74) is 1.75. The Kier molecular flexibility index (Phi) is 5.99. The average molecular weight is 378 g/mol. The third-order valence-electron chi connectivity index (χ3n) is 4.08. The van der Waals surface area contributed by atoms with Gasteiger partial charge in [0.05, 0.1) is 18.1 Å². The summed E-state index contributed by atoms with van der Waals surface area (Å²) in [4.78, 5) is 10.1. The Labute approximate surface area is 153 Å². The first-order valence-electron chi connectivity index (χ1n) is 8.10. The Hall–Kier alpha value is -2.45. The van der Waals surface area contributed by atoms with E-state index in [-0.39, 0.29) is 16.3 Å². The number of nitrogens with one attached hydrogen (secondary N) is 1. The minimum atomic E-state index is -3.92. The van der Waals surface area contributed by atoms with E-state index < -0.39 is 21.0 Å². The molecule has 2 aromatic rings. The molecule has 0 aliphatic rings. The monoisotopic (exact) mass is 378 g/mol. The standard InChI is InChI=1S/C18H22N2O5S/c1-12(2)14-5-7-15(8-6-14)13(3)19-26(23,24)18-10-9-16(20(21)22)11-17(18)25-4/h5-13,19H,1-4H3. The van der Waals surface area contributed by atoms with Crippen LogP contribution < -0.4 is 9.46 Å². The molecule has 1 unspecified atom stereocenters. The lowest BCUT2D eigenvalue weighted by atomic mass is 10.00. The van der Waals surface area contributed by atoms with E-state index in [9.17, 15) is 18.5 Å². The number of rotatable bonds is 7. The SMILES string of the molecule is COc1cc([N+](=O)[O-])ccc1S(=O)(=O)NC(C)c1ccc(C(C)C)cc1. The third kappa shape index (κ3) is 4.39. The molecule has 0 aliphatic heterocycles. The summed E-state index contributed by atoms with van der Waals surface area (Å²) in [5.74, 6) is 0.314.